The van der Waals surface area contributed by atoms with Crippen molar-refractivity contribution in [3.8, 4) is 0 Å². The number of nitrogens with one attached hydrogen (secondary N) is 1. The van der Waals surface area contributed by atoms with Crippen molar-refractivity contribution in [1.82, 2.24) is 5.32 Å². The molecule has 3 rings (SSSR count). The molecule has 1 N–H and O–H groups in total. The average molecular weight is 268 g/mol. The van der Waals surface area contributed by atoms with Crippen LogP contribution in [-0.2, 0) is 4.79 Å². The fraction of sp³-hybridized carbons (Fsp3) is 0.462. The predicted octanol–water partition coefficient (Wildman–Crippen LogP) is 2.76. The maximum absolute atomic E-state index is 12.2. The molecule has 4 heteroatoms. The average Bonchev–Trinajstić information content (AvgIpc) is 2.99. The molecule has 1 fully saturated rings. The van der Waals surface area contributed by atoms with Gasteiger partial charge in [-0.25, -0.2) is 0 Å². The Labute approximate surface area is 110 Å². The van der Waals surface area contributed by atoms with Gasteiger partial charge in [-0.05, 0) is 24.5 Å². The molecule has 17 heavy (non-hydrogen) atoms. The summed E-state index contributed by atoms with van der Waals surface area (Å²) in [7, 11) is 0. The third-order valence-electron chi connectivity index (χ3n) is 3.51. The van der Waals surface area contributed by atoms with E-state index in [0.717, 1.165) is 18.6 Å². The number of amides is 1. The molecule has 90 valence electrons. The lowest BCUT2D eigenvalue weighted by molar-refractivity contribution is -0.122. The zero-order chi connectivity index (χ0) is 11.9. The second-order valence-corrected chi connectivity index (χ2v) is 6.13. The van der Waals surface area contributed by atoms with Gasteiger partial charge >= 0.3 is 0 Å². The van der Waals surface area contributed by atoms with Crippen LogP contribution in [0.5, 0.6) is 0 Å². The number of carbonyl (C=O) groups is 1. The van der Waals surface area contributed by atoms with Gasteiger partial charge in [0, 0.05) is 16.5 Å². The molecule has 0 saturated heterocycles. The van der Waals surface area contributed by atoms with E-state index in [1.54, 1.807) is 11.8 Å². The first-order valence-electron chi connectivity index (χ1n) is 5.84. The minimum Gasteiger partial charge on any atom is -0.349 e. The Kier molecular flexibility index (Phi) is 2.83. The van der Waals surface area contributed by atoms with Gasteiger partial charge in [0.15, 0.2) is 0 Å². The first-order valence-corrected chi connectivity index (χ1v) is 7.36. The van der Waals surface area contributed by atoms with E-state index in [-0.39, 0.29) is 17.4 Å². The minimum atomic E-state index is -0.0964. The number of fused-ring (bicyclic) bond motifs is 1. The molecule has 1 atom stereocenters. The SMILES string of the molecule is O=C(NC1(CCl)CC1)C1CSc2ccccc21. The molecular weight excluding hydrogens is 254 g/mol. The topological polar surface area (TPSA) is 29.1 Å². The normalized spacial score (nSPS) is 24.2. The van der Waals surface area contributed by atoms with Gasteiger partial charge in [0.05, 0.1) is 11.5 Å². The molecule has 0 bridgehead atoms. The second kappa shape index (κ2) is 4.21. The summed E-state index contributed by atoms with van der Waals surface area (Å²) in [5, 5.41) is 3.12. The van der Waals surface area contributed by atoms with Crippen LogP contribution in [0, 0.1) is 0 Å². The zero-order valence-corrected chi connectivity index (χ0v) is 11.0. The van der Waals surface area contributed by atoms with Crippen molar-refractivity contribution >= 4 is 29.3 Å². The number of hydrogen-bond donors (Lipinski definition) is 1. The number of rotatable bonds is 3. The summed E-state index contributed by atoms with van der Waals surface area (Å²) >= 11 is 7.65. The minimum absolute atomic E-state index is 0.00288. The van der Waals surface area contributed by atoms with Gasteiger partial charge in [-0.15, -0.1) is 23.4 Å². The van der Waals surface area contributed by atoms with Crippen molar-refractivity contribution in [2.75, 3.05) is 11.6 Å². The number of benzene rings is 1. The zero-order valence-electron chi connectivity index (χ0n) is 9.41. The van der Waals surface area contributed by atoms with Crippen molar-refractivity contribution in [1.29, 1.82) is 0 Å². The molecule has 1 aromatic carbocycles. The maximum Gasteiger partial charge on any atom is 0.228 e. The summed E-state index contributed by atoms with van der Waals surface area (Å²) in [6, 6.07) is 8.16. The summed E-state index contributed by atoms with van der Waals surface area (Å²) in [5.74, 6) is 1.52. The van der Waals surface area contributed by atoms with Crippen LogP contribution in [0.2, 0.25) is 0 Å². The van der Waals surface area contributed by atoms with Crippen molar-refractivity contribution in [3.05, 3.63) is 29.8 Å². The van der Waals surface area contributed by atoms with Crippen LogP contribution < -0.4 is 5.32 Å². The van der Waals surface area contributed by atoms with Crippen molar-refractivity contribution in [2.24, 2.45) is 0 Å². The number of carbonyl (C=O) groups excluding carboxylic acids is 1. The number of alkyl halides is 1. The first kappa shape index (κ1) is 11.4. The van der Waals surface area contributed by atoms with Gasteiger partial charge in [-0.2, -0.15) is 0 Å². The standard InChI is InChI=1S/C13H14ClNOS/c14-8-13(5-6-13)15-12(16)10-7-17-11-4-2-1-3-9(10)11/h1-4,10H,5-8H2,(H,15,16). The first-order chi connectivity index (χ1) is 8.24. The number of halogens is 1. The molecule has 0 spiro atoms. The third kappa shape index (κ3) is 2.06. The van der Waals surface area contributed by atoms with Gasteiger partial charge in [-0.3, -0.25) is 4.79 Å². The fourth-order valence-electron chi connectivity index (χ4n) is 2.17. The summed E-state index contributed by atoms with van der Waals surface area (Å²) in [5.41, 5.74) is 1.07. The predicted molar refractivity (Wildman–Crippen MR) is 70.7 cm³/mol. The lowest BCUT2D eigenvalue weighted by Gasteiger charge is -2.17. The van der Waals surface area contributed by atoms with E-state index >= 15 is 0 Å². The van der Waals surface area contributed by atoms with Crippen LogP contribution in [0.15, 0.2) is 29.2 Å². The number of hydrogen-bond acceptors (Lipinski definition) is 2. The summed E-state index contributed by atoms with van der Waals surface area (Å²) in [4.78, 5) is 13.5. The maximum atomic E-state index is 12.2. The van der Waals surface area contributed by atoms with Gasteiger partial charge < -0.3 is 5.32 Å². The molecule has 1 unspecified atom stereocenters. The van der Waals surface area contributed by atoms with Crippen LogP contribution in [0.3, 0.4) is 0 Å². The van der Waals surface area contributed by atoms with E-state index in [9.17, 15) is 4.79 Å². The molecule has 0 radical (unpaired) electrons. The van der Waals surface area contributed by atoms with Crippen LogP contribution in [-0.4, -0.2) is 23.1 Å². The van der Waals surface area contributed by atoms with Crippen molar-refractivity contribution in [3.63, 3.8) is 0 Å². The summed E-state index contributed by atoms with van der Waals surface area (Å²) in [6.45, 7) is 0. The molecule has 1 amide bonds. The Hall–Kier alpha value is -0.670. The summed E-state index contributed by atoms with van der Waals surface area (Å²) in [6.07, 6.45) is 2.04. The molecule has 1 aromatic rings. The highest BCUT2D eigenvalue weighted by Crippen LogP contribution is 2.41. The van der Waals surface area contributed by atoms with Crippen LogP contribution >= 0.6 is 23.4 Å². The third-order valence-corrected chi connectivity index (χ3v) is 5.21. The molecule has 2 aliphatic rings. The largest absolute Gasteiger partial charge is 0.349 e. The number of thioether (sulfide) groups is 1. The Morgan fingerprint density at radius 2 is 2.24 bits per heavy atom. The fourth-order valence-corrected chi connectivity index (χ4v) is 3.73. The van der Waals surface area contributed by atoms with Gasteiger partial charge in [0.1, 0.15) is 0 Å². The van der Waals surface area contributed by atoms with E-state index < -0.39 is 0 Å². The van der Waals surface area contributed by atoms with Gasteiger partial charge in [0.2, 0.25) is 5.91 Å². The van der Waals surface area contributed by atoms with E-state index in [0.29, 0.717) is 5.88 Å². The molecule has 1 aliphatic heterocycles. The molecule has 2 nitrogen and oxygen atoms in total. The summed E-state index contributed by atoms with van der Waals surface area (Å²) < 4.78 is 0. The Morgan fingerprint density at radius 1 is 1.47 bits per heavy atom. The molecular formula is C13H14ClNOS. The van der Waals surface area contributed by atoms with E-state index in [4.69, 9.17) is 11.6 Å². The monoisotopic (exact) mass is 267 g/mol. The molecule has 1 saturated carbocycles. The highest BCUT2D eigenvalue weighted by atomic mass is 35.5. The van der Waals surface area contributed by atoms with Crippen molar-refractivity contribution < 1.29 is 4.79 Å². The second-order valence-electron chi connectivity index (χ2n) is 4.80. The lowest BCUT2D eigenvalue weighted by atomic mass is 10.00. The van der Waals surface area contributed by atoms with Crippen LogP contribution in [0.25, 0.3) is 0 Å². The highest BCUT2D eigenvalue weighted by Gasteiger charge is 2.44. The van der Waals surface area contributed by atoms with Gasteiger partial charge in [0.25, 0.3) is 0 Å². The van der Waals surface area contributed by atoms with E-state index in [1.807, 2.05) is 12.1 Å². The smallest absolute Gasteiger partial charge is 0.228 e. The quantitative estimate of drug-likeness (QED) is 0.854. The molecule has 0 aromatic heterocycles. The Bertz CT molecular complexity index is 458. The lowest BCUT2D eigenvalue weighted by Crippen LogP contribution is -2.41. The van der Waals surface area contributed by atoms with E-state index in [2.05, 4.69) is 17.4 Å². The highest BCUT2D eigenvalue weighted by molar-refractivity contribution is 7.99. The van der Waals surface area contributed by atoms with Crippen LogP contribution in [0.1, 0.15) is 24.3 Å². The van der Waals surface area contributed by atoms with Crippen molar-refractivity contribution in [2.45, 2.75) is 29.2 Å². The Balaban J connectivity index is 1.76. The van der Waals surface area contributed by atoms with Gasteiger partial charge in [-0.1, -0.05) is 18.2 Å². The van der Waals surface area contributed by atoms with E-state index in [1.165, 1.54) is 10.5 Å². The Morgan fingerprint density at radius 3 is 2.94 bits per heavy atom. The van der Waals surface area contributed by atoms with Crippen LogP contribution in [0.4, 0.5) is 0 Å². The molecule has 1 aliphatic carbocycles. The molecule has 1 heterocycles.